The van der Waals surface area contributed by atoms with E-state index < -0.39 is 0 Å². The van der Waals surface area contributed by atoms with Crippen LogP contribution in [-0.4, -0.2) is 33.7 Å². The van der Waals surface area contributed by atoms with Gasteiger partial charge in [-0.15, -0.1) is 0 Å². The Bertz CT molecular complexity index is 641. The normalized spacial score (nSPS) is 12.5. The van der Waals surface area contributed by atoms with Crippen LogP contribution in [0.25, 0.3) is 0 Å². The van der Waals surface area contributed by atoms with Gasteiger partial charge < -0.3 is 10.2 Å². The Morgan fingerprint density at radius 1 is 0.923 bits per heavy atom. The van der Waals surface area contributed by atoms with Gasteiger partial charge in [-0.05, 0) is 41.7 Å². The number of unbranched alkanes of at least 4 members (excludes halogenated alkanes) is 1. The van der Waals surface area contributed by atoms with E-state index in [4.69, 9.17) is 23.2 Å². The fraction of sp³-hybridized carbons (Fsp3) is 0.455. The Morgan fingerprint density at radius 3 is 2.35 bits per heavy atom. The van der Waals surface area contributed by atoms with E-state index in [0.717, 1.165) is 29.4 Å². The molecule has 0 aliphatic rings. The summed E-state index contributed by atoms with van der Waals surface area (Å²) in [6.45, 7) is 3.62. The lowest BCUT2D eigenvalue weighted by Gasteiger charge is -2.18. The zero-order chi connectivity index (χ0) is 18.8. The molecular weight excluding hydrogens is 363 g/mol. The van der Waals surface area contributed by atoms with E-state index in [1.165, 1.54) is 42.0 Å². The molecular formula is C22H32Cl2N2+2. The maximum Gasteiger partial charge on any atom is 0.0769 e. The maximum absolute atomic E-state index is 6.39. The minimum atomic E-state index is 0.467. The molecule has 4 heteroatoms. The fourth-order valence-electron chi connectivity index (χ4n) is 3.28. The molecule has 0 heterocycles. The van der Waals surface area contributed by atoms with Crippen LogP contribution in [0.2, 0.25) is 10.0 Å². The van der Waals surface area contributed by atoms with Crippen molar-refractivity contribution in [3.05, 3.63) is 69.7 Å². The second kappa shape index (κ2) is 11.6. The summed E-state index contributed by atoms with van der Waals surface area (Å²) in [6.07, 6.45) is 4.71. The molecule has 0 spiro atoms. The van der Waals surface area contributed by atoms with Crippen molar-refractivity contribution in [2.24, 2.45) is 0 Å². The van der Waals surface area contributed by atoms with Crippen LogP contribution in [0.5, 0.6) is 0 Å². The molecule has 1 atom stereocenters. The molecule has 0 saturated heterocycles. The summed E-state index contributed by atoms with van der Waals surface area (Å²) in [5.74, 6) is 0.467. The zero-order valence-electron chi connectivity index (χ0n) is 16.0. The van der Waals surface area contributed by atoms with E-state index in [1.807, 2.05) is 24.3 Å². The average molecular weight is 395 g/mol. The first-order chi connectivity index (χ1) is 12.6. The Balaban J connectivity index is 1.89. The third-order valence-electron chi connectivity index (χ3n) is 4.82. The molecule has 2 nitrogen and oxygen atoms in total. The van der Waals surface area contributed by atoms with Gasteiger partial charge in [-0.3, -0.25) is 0 Å². The highest BCUT2D eigenvalue weighted by atomic mass is 35.5. The molecule has 0 aromatic heterocycles. The van der Waals surface area contributed by atoms with Crippen LogP contribution < -0.4 is 10.2 Å². The second-order valence-corrected chi connectivity index (χ2v) is 8.21. The number of nitrogens with two attached hydrogens (primary N) is 1. The van der Waals surface area contributed by atoms with E-state index in [2.05, 4.69) is 43.7 Å². The first-order valence-corrected chi connectivity index (χ1v) is 10.4. The average Bonchev–Trinajstić information content (AvgIpc) is 2.62. The highest BCUT2D eigenvalue weighted by Gasteiger charge is 2.15. The van der Waals surface area contributed by atoms with E-state index in [1.54, 1.807) is 0 Å². The van der Waals surface area contributed by atoms with Gasteiger partial charge >= 0.3 is 0 Å². The number of benzene rings is 2. The van der Waals surface area contributed by atoms with E-state index >= 15 is 0 Å². The van der Waals surface area contributed by atoms with Gasteiger partial charge in [0.05, 0.1) is 33.7 Å². The molecule has 2 aromatic carbocycles. The summed E-state index contributed by atoms with van der Waals surface area (Å²) in [7, 11) is 4.43. The van der Waals surface area contributed by atoms with Gasteiger partial charge in [0, 0.05) is 29.3 Å². The van der Waals surface area contributed by atoms with Crippen molar-refractivity contribution in [1.82, 2.24) is 0 Å². The van der Waals surface area contributed by atoms with Gasteiger partial charge in [-0.2, -0.15) is 0 Å². The van der Waals surface area contributed by atoms with Crippen LogP contribution >= 0.6 is 23.2 Å². The van der Waals surface area contributed by atoms with Gasteiger partial charge in [-0.25, -0.2) is 0 Å². The molecule has 3 N–H and O–H groups in total. The van der Waals surface area contributed by atoms with Crippen LogP contribution in [0.4, 0.5) is 0 Å². The SMILES string of the molecule is C[NH+](C)CCCC[NH2+]CC[C@@H](Cc1ccccc1Cl)c1ccc(Cl)cc1. The van der Waals surface area contributed by atoms with Crippen molar-refractivity contribution < 1.29 is 10.2 Å². The summed E-state index contributed by atoms with van der Waals surface area (Å²) in [5, 5.41) is 4.11. The Morgan fingerprint density at radius 2 is 1.65 bits per heavy atom. The van der Waals surface area contributed by atoms with Crippen LogP contribution in [0.1, 0.15) is 36.3 Å². The van der Waals surface area contributed by atoms with E-state index in [0.29, 0.717) is 5.92 Å². The van der Waals surface area contributed by atoms with Crippen LogP contribution in [0.3, 0.4) is 0 Å². The quantitative estimate of drug-likeness (QED) is 0.546. The summed E-state index contributed by atoms with van der Waals surface area (Å²) < 4.78 is 0. The molecule has 0 radical (unpaired) electrons. The van der Waals surface area contributed by atoms with Crippen molar-refractivity contribution >= 4 is 23.2 Å². The second-order valence-electron chi connectivity index (χ2n) is 7.36. The summed E-state index contributed by atoms with van der Waals surface area (Å²) >= 11 is 12.5. The third kappa shape index (κ3) is 7.67. The minimum Gasteiger partial charge on any atom is -0.346 e. The smallest absolute Gasteiger partial charge is 0.0769 e. The summed E-state index contributed by atoms with van der Waals surface area (Å²) in [4.78, 5) is 1.53. The fourth-order valence-corrected chi connectivity index (χ4v) is 3.62. The number of hydrogen-bond acceptors (Lipinski definition) is 0. The van der Waals surface area contributed by atoms with Crippen LogP contribution in [0, 0.1) is 0 Å². The highest BCUT2D eigenvalue weighted by molar-refractivity contribution is 6.31. The van der Waals surface area contributed by atoms with Crippen molar-refractivity contribution in [3.8, 4) is 0 Å². The van der Waals surface area contributed by atoms with Crippen molar-refractivity contribution in [3.63, 3.8) is 0 Å². The van der Waals surface area contributed by atoms with Gasteiger partial charge in [-0.1, -0.05) is 53.5 Å². The zero-order valence-corrected chi connectivity index (χ0v) is 17.5. The summed E-state index contributed by atoms with van der Waals surface area (Å²) in [6, 6.07) is 16.5. The number of quaternary nitrogens is 2. The van der Waals surface area contributed by atoms with Crippen molar-refractivity contribution in [2.75, 3.05) is 33.7 Å². The predicted octanol–water partition coefficient (Wildman–Crippen LogP) is 3.20. The molecule has 0 fully saturated rings. The monoisotopic (exact) mass is 394 g/mol. The topological polar surface area (TPSA) is 21.1 Å². The number of halogens is 2. The van der Waals surface area contributed by atoms with Gasteiger partial charge in [0.15, 0.2) is 0 Å². The van der Waals surface area contributed by atoms with Gasteiger partial charge in [0.2, 0.25) is 0 Å². The molecule has 26 heavy (non-hydrogen) atoms. The first kappa shape index (κ1) is 21.2. The molecule has 142 valence electrons. The van der Waals surface area contributed by atoms with Crippen LogP contribution in [0.15, 0.2) is 48.5 Å². The third-order valence-corrected chi connectivity index (χ3v) is 5.44. The summed E-state index contributed by atoms with van der Waals surface area (Å²) in [5.41, 5.74) is 2.57. The van der Waals surface area contributed by atoms with Crippen molar-refractivity contribution in [1.29, 1.82) is 0 Å². The van der Waals surface area contributed by atoms with E-state index in [-0.39, 0.29) is 0 Å². The van der Waals surface area contributed by atoms with E-state index in [9.17, 15) is 0 Å². The Kier molecular flexibility index (Phi) is 9.49. The lowest BCUT2D eigenvalue weighted by Crippen LogP contribution is -3.05. The largest absolute Gasteiger partial charge is 0.346 e. The molecule has 0 aliphatic heterocycles. The van der Waals surface area contributed by atoms with Crippen LogP contribution in [-0.2, 0) is 6.42 Å². The number of nitrogens with one attached hydrogen (secondary N) is 1. The molecule has 2 aromatic rings. The first-order valence-electron chi connectivity index (χ1n) is 9.66. The number of rotatable bonds is 11. The Labute approximate surface area is 168 Å². The van der Waals surface area contributed by atoms with Gasteiger partial charge in [0.25, 0.3) is 0 Å². The molecule has 0 aliphatic carbocycles. The standard InChI is InChI=1S/C22H30Cl2N2/c1-26(2)16-6-5-14-25-15-13-19(18-9-11-21(23)12-10-18)17-20-7-3-4-8-22(20)24/h3-4,7-12,19,25H,5-6,13-17H2,1-2H3/p+2/t19-/m0/s1. The highest BCUT2D eigenvalue weighted by Crippen LogP contribution is 2.28. The molecule has 0 bridgehead atoms. The minimum absolute atomic E-state index is 0.467. The molecule has 0 unspecified atom stereocenters. The molecule has 2 rings (SSSR count). The Hall–Kier alpha value is -1.06. The van der Waals surface area contributed by atoms with Gasteiger partial charge in [0.1, 0.15) is 0 Å². The molecule has 0 amide bonds. The molecule has 0 saturated carbocycles. The lowest BCUT2D eigenvalue weighted by atomic mass is 9.89. The predicted molar refractivity (Wildman–Crippen MR) is 113 cm³/mol. The maximum atomic E-state index is 6.39. The number of hydrogen-bond donors (Lipinski definition) is 2. The lowest BCUT2D eigenvalue weighted by molar-refractivity contribution is -0.858. The van der Waals surface area contributed by atoms with Crippen molar-refractivity contribution in [2.45, 2.75) is 31.6 Å².